The zero-order chi connectivity index (χ0) is 17.6. The summed E-state index contributed by atoms with van der Waals surface area (Å²) in [7, 11) is -3.84. The average molecular weight is 355 g/mol. The first-order valence-corrected chi connectivity index (χ1v) is 9.00. The summed E-state index contributed by atoms with van der Waals surface area (Å²) in [6.07, 6.45) is 2.13. The minimum atomic E-state index is -3.84. The van der Waals surface area contributed by atoms with Gasteiger partial charge in [-0.2, -0.15) is 14.9 Å². The number of aromatic nitrogens is 3. The predicted octanol–water partition coefficient (Wildman–Crippen LogP) is 1.65. The highest BCUT2D eigenvalue weighted by Crippen LogP contribution is 2.29. The highest BCUT2D eigenvalue weighted by Gasteiger charge is 2.21. The zero-order valence-corrected chi connectivity index (χ0v) is 14.0. The van der Waals surface area contributed by atoms with Crippen LogP contribution in [0.4, 0.5) is 5.82 Å². The van der Waals surface area contributed by atoms with Crippen LogP contribution in [0, 0.1) is 18.3 Å². The van der Waals surface area contributed by atoms with Crippen LogP contribution >= 0.6 is 0 Å². The Kier molecular flexibility index (Phi) is 3.36. The minimum Gasteiger partial charge on any atom is -0.493 e. The number of fused-ring (bicyclic) bond motifs is 2. The molecule has 4 rings (SSSR count). The van der Waals surface area contributed by atoms with Gasteiger partial charge in [0.05, 0.1) is 17.7 Å². The van der Waals surface area contributed by atoms with Gasteiger partial charge in [-0.25, -0.2) is 13.4 Å². The van der Waals surface area contributed by atoms with E-state index in [1.54, 1.807) is 25.1 Å². The van der Waals surface area contributed by atoms with Crippen LogP contribution in [-0.4, -0.2) is 29.6 Å². The highest BCUT2D eigenvalue weighted by atomic mass is 32.2. The number of ether oxygens (including phenoxy) is 1. The molecule has 2 aromatic heterocycles. The van der Waals surface area contributed by atoms with Crippen molar-refractivity contribution in [1.29, 1.82) is 5.26 Å². The van der Waals surface area contributed by atoms with Crippen LogP contribution in [-0.2, 0) is 16.4 Å². The standard InChI is InChI=1S/C16H13N5O3S/c1-10-6-15(21-16(19-10)12(8-17)9-18-21)20-25(22,23)13-3-2-11-4-5-24-14(11)7-13/h2-3,6-7,9,20H,4-5H2,1H3. The Hall–Kier alpha value is -3.12. The van der Waals surface area contributed by atoms with Crippen molar-refractivity contribution in [3.63, 3.8) is 0 Å². The van der Waals surface area contributed by atoms with Crippen LogP contribution in [0.3, 0.4) is 0 Å². The summed E-state index contributed by atoms with van der Waals surface area (Å²) in [6.45, 7) is 2.27. The molecule has 1 aliphatic heterocycles. The van der Waals surface area contributed by atoms with E-state index in [-0.39, 0.29) is 16.3 Å². The van der Waals surface area contributed by atoms with Gasteiger partial charge in [0.15, 0.2) is 5.65 Å². The molecule has 126 valence electrons. The number of rotatable bonds is 3. The molecule has 1 aliphatic rings. The predicted molar refractivity (Wildman–Crippen MR) is 88.9 cm³/mol. The maximum atomic E-state index is 12.7. The summed E-state index contributed by atoms with van der Waals surface area (Å²) in [6, 6.07) is 8.36. The summed E-state index contributed by atoms with van der Waals surface area (Å²) in [4.78, 5) is 4.34. The van der Waals surface area contributed by atoms with Gasteiger partial charge in [0.2, 0.25) is 0 Å². The number of nitriles is 1. The second-order valence-electron chi connectivity index (χ2n) is 5.66. The number of nitrogens with one attached hydrogen (secondary N) is 1. The number of nitrogens with zero attached hydrogens (tertiary/aromatic N) is 4. The van der Waals surface area contributed by atoms with E-state index < -0.39 is 10.0 Å². The van der Waals surface area contributed by atoms with Gasteiger partial charge in [-0.05, 0) is 18.6 Å². The maximum Gasteiger partial charge on any atom is 0.263 e. The molecule has 1 N–H and O–H groups in total. The SMILES string of the molecule is Cc1cc(NS(=O)(=O)c2ccc3c(c2)OCC3)n2ncc(C#N)c2n1. The fraction of sp³-hybridized carbons (Fsp3) is 0.188. The first-order chi connectivity index (χ1) is 12.0. The number of hydrogen-bond donors (Lipinski definition) is 1. The molecule has 0 saturated carbocycles. The Morgan fingerprint density at radius 2 is 2.20 bits per heavy atom. The normalized spacial score (nSPS) is 13.3. The van der Waals surface area contributed by atoms with E-state index in [2.05, 4.69) is 14.8 Å². The molecule has 0 amide bonds. The van der Waals surface area contributed by atoms with Crippen molar-refractivity contribution in [3.05, 3.63) is 47.3 Å². The molecule has 3 aromatic rings. The van der Waals surface area contributed by atoms with Gasteiger partial charge in [0, 0.05) is 24.2 Å². The second-order valence-corrected chi connectivity index (χ2v) is 7.34. The third-order valence-corrected chi connectivity index (χ3v) is 5.29. The molecule has 0 atom stereocenters. The molecule has 8 nitrogen and oxygen atoms in total. The van der Waals surface area contributed by atoms with Crippen molar-refractivity contribution in [2.45, 2.75) is 18.2 Å². The number of benzene rings is 1. The zero-order valence-electron chi connectivity index (χ0n) is 13.2. The van der Waals surface area contributed by atoms with Gasteiger partial charge in [-0.3, -0.25) is 4.72 Å². The maximum absolute atomic E-state index is 12.7. The van der Waals surface area contributed by atoms with Crippen LogP contribution in [0.25, 0.3) is 5.65 Å². The molecule has 0 aliphatic carbocycles. The lowest BCUT2D eigenvalue weighted by Crippen LogP contribution is -2.16. The smallest absolute Gasteiger partial charge is 0.263 e. The van der Waals surface area contributed by atoms with Crippen molar-refractivity contribution < 1.29 is 13.2 Å². The van der Waals surface area contributed by atoms with E-state index in [0.717, 1.165) is 12.0 Å². The van der Waals surface area contributed by atoms with Crippen molar-refractivity contribution in [3.8, 4) is 11.8 Å². The molecule has 0 radical (unpaired) electrons. The van der Waals surface area contributed by atoms with Gasteiger partial charge in [-0.1, -0.05) is 6.07 Å². The van der Waals surface area contributed by atoms with Crippen LogP contribution in [0.1, 0.15) is 16.8 Å². The number of anilines is 1. The quantitative estimate of drug-likeness (QED) is 0.765. The van der Waals surface area contributed by atoms with E-state index in [1.807, 2.05) is 6.07 Å². The van der Waals surface area contributed by atoms with E-state index in [0.29, 0.717) is 23.7 Å². The molecule has 0 fully saturated rings. The topological polar surface area (TPSA) is 109 Å². The van der Waals surface area contributed by atoms with Crippen molar-refractivity contribution in [2.75, 3.05) is 11.3 Å². The summed E-state index contributed by atoms with van der Waals surface area (Å²) < 4.78 is 34.7. The molecule has 0 saturated heterocycles. The summed E-state index contributed by atoms with van der Waals surface area (Å²) >= 11 is 0. The van der Waals surface area contributed by atoms with Crippen LogP contribution < -0.4 is 9.46 Å². The van der Waals surface area contributed by atoms with E-state index in [4.69, 9.17) is 10.00 Å². The average Bonchev–Trinajstić information content (AvgIpc) is 3.19. The summed E-state index contributed by atoms with van der Waals surface area (Å²) in [5.41, 5.74) is 2.14. The Balaban J connectivity index is 1.78. The fourth-order valence-electron chi connectivity index (χ4n) is 2.75. The second kappa shape index (κ2) is 5.46. The molecule has 0 unspecified atom stereocenters. The monoisotopic (exact) mass is 355 g/mol. The summed E-state index contributed by atoms with van der Waals surface area (Å²) in [5, 5.41) is 13.2. The molecule has 0 spiro atoms. The van der Waals surface area contributed by atoms with E-state index in [1.165, 1.54) is 16.8 Å². The number of sulfonamides is 1. The van der Waals surface area contributed by atoms with Gasteiger partial charge in [0.25, 0.3) is 10.0 Å². The van der Waals surface area contributed by atoms with Crippen LogP contribution in [0.15, 0.2) is 35.4 Å². The molecule has 3 heterocycles. The Bertz CT molecular complexity index is 1140. The molecular weight excluding hydrogens is 342 g/mol. The lowest BCUT2D eigenvalue weighted by molar-refractivity contribution is 0.356. The van der Waals surface area contributed by atoms with Gasteiger partial charge in [-0.15, -0.1) is 0 Å². The third kappa shape index (κ3) is 2.56. The van der Waals surface area contributed by atoms with Gasteiger partial charge < -0.3 is 4.74 Å². The van der Waals surface area contributed by atoms with Crippen molar-refractivity contribution in [2.24, 2.45) is 0 Å². The van der Waals surface area contributed by atoms with Crippen LogP contribution in [0.2, 0.25) is 0 Å². The molecule has 1 aromatic carbocycles. The Morgan fingerprint density at radius 3 is 3.00 bits per heavy atom. The summed E-state index contributed by atoms with van der Waals surface area (Å²) in [5.74, 6) is 0.801. The number of aryl methyl sites for hydroxylation is 1. The first-order valence-electron chi connectivity index (χ1n) is 7.52. The largest absolute Gasteiger partial charge is 0.493 e. The van der Waals surface area contributed by atoms with Crippen molar-refractivity contribution in [1.82, 2.24) is 14.6 Å². The van der Waals surface area contributed by atoms with E-state index in [9.17, 15) is 8.42 Å². The molecule has 25 heavy (non-hydrogen) atoms. The highest BCUT2D eigenvalue weighted by molar-refractivity contribution is 7.92. The minimum absolute atomic E-state index is 0.100. The van der Waals surface area contributed by atoms with E-state index >= 15 is 0 Å². The molecule has 9 heteroatoms. The molecular formula is C16H13N5O3S. The number of hydrogen-bond acceptors (Lipinski definition) is 6. The lowest BCUT2D eigenvalue weighted by Gasteiger charge is -2.11. The Morgan fingerprint density at radius 1 is 1.36 bits per heavy atom. The van der Waals surface area contributed by atoms with Gasteiger partial charge >= 0.3 is 0 Å². The fourth-order valence-corrected chi connectivity index (χ4v) is 3.79. The lowest BCUT2D eigenvalue weighted by atomic mass is 10.2. The first kappa shape index (κ1) is 15.4. The van der Waals surface area contributed by atoms with Crippen molar-refractivity contribution >= 4 is 21.5 Å². The van der Waals surface area contributed by atoms with Gasteiger partial charge in [0.1, 0.15) is 23.2 Å². The Labute approximate surface area is 143 Å². The molecule has 0 bridgehead atoms. The third-order valence-electron chi connectivity index (χ3n) is 3.94. The van der Waals surface area contributed by atoms with Crippen LogP contribution in [0.5, 0.6) is 5.75 Å².